The SMILES string of the molecule is CC(C)CC(OC(=O)N1CCOCC1)C(=O)N[C@@H](CC(N)=O)C(N)=O. The fourth-order valence-corrected chi connectivity index (χ4v) is 2.27. The zero-order chi connectivity index (χ0) is 19.0. The lowest BCUT2D eigenvalue weighted by Gasteiger charge is -2.29. The molecule has 0 spiro atoms. The van der Waals surface area contributed by atoms with Crippen LogP contribution >= 0.6 is 0 Å². The number of nitrogens with two attached hydrogens (primary N) is 2. The molecule has 1 unspecified atom stereocenters. The summed E-state index contributed by atoms with van der Waals surface area (Å²) >= 11 is 0. The number of carbonyl (C=O) groups is 4. The van der Waals surface area contributed by atoms with Gasteiger partial charge in [-0.1, -0.05) is 13.8 Å². The molecule has 10 heteroatoms. The number of amides is 4. The van der Waals surface area contributed by atoms with E-state index < -0.39 is 42.4 Å². The van der Waals surface area contributed by atoms with Gasteiger partial charge in [0.2, 0.25) is 11.8 Å². The minimum absolute atomic E-state index is 0.0522. The highest BCUT2D eigenvalue weighted by Crippen LogP contribution is 2.12. The monoisotopic (exact) mass is 358 g/mol. The first-order valence-corrected chi connectivity index (χ1v) is 8.12. The van der Waals surface area contributed by atoms with Crippen molar-refractivity contribution in [3.05, 3.63) is 0 Å². The Morgan fingerprint density at radius 1 is 1.16 bits per heavy atom. The standard InChI is InChI=1S/C15H26N4O6/c1-9(2)7-11(25-15(23)19-3-5-24-6-4-19)14(22)18-10(13(17)21)8-12(16)20/h9-11H,3-8H2,1-2H3,(H2,16,20)(H2,17,21)(H,18,22)/t10-,11?/m0/s1. The van der Waals surface area contributed by atoms with Crippen LogP contribution in [0.15, 0.2) is 0 Å². The van der Waals surface area contributed by atoms with Gasteiger partial charge in [-0.2, -0.15) is 0 Å². The number of nitrogens with one attached hydrogen (secondary N) is 1. The Bertz CT molecular complexity index is 504. The van der Waals surface area contributed by atoms with Crippen LogP contribution in [0.1, 0.15) is 26.7 Å². The average molecular weight is 358 g/mol. The first-order valence-electron chi connectivity index (χ1n) is 8.12. The van der Waals surface area contributed by atoms with Gasteiger partial charge in [-0.25, -0.2) is 4.79 Å². The third-order valence-corrected chi connectivity index (χ3v) is 3.56. The van der Waals surface area contributed by atoms with Crippen LogP contribution in [0, 0.1) is 5.92 Å². The van der Waals surface area contributed by atoms with Gasteiger partial charge in [-0.15, -0.1) is 0 Å². The highest BCUT2D eigenvalue weighted by atomic mass is 16.6. The summed E-state index contributed by atoms with van der Waals surface area (Å²) < 4.78 is 10.5. The Hall–Kier alpha value is -2.36. The van der Waals surface area contributed by atoms with Crippen molar-refractivity contribution in [1.82, 2.24) is 10.2 Å². The predicted octanol–water partition coefficient (Wildman–Crippen LogP) is -1.28. The summed E-state index contributed by atoms with van der Waals surface area (Å²) in [5.41, 5.74) is 10.2. The highest BCUT2D eigenvalue weighted by molar-refractivity contribution is 5.92. The van der Waals surface area contributed by atoms with Gasteiger partial charge >= 0.3 is 6.09 Å². The number of rotatable bonds is 8. The molecule has 1 heterocycles. The summed E-state index contributed by atoms with van der Waals surface area (Å²) in [5.74, 6) is -2.32. The van der Waals surface area contributed by atoms with Crippen molar-refractivity contribution < 1.29 is 28.7 Å². The third-order valence-electron chi connectivity index (χ3n) is 3.56. The molecule has 142 valence electrons. The smallest absolute Gasteiger partial charge is 0.410 e. The maximum absolute atomic E-state index is 12.4. The second-order valence-electron chi connectivity index (χ2n) is 6.24. The number of carbonyl (C=O) groups excluding carboxylic acids is 4. The van der Waals surface area contributed by atoms with Crippen LogP contribution < -0.4 is 16.8 Å². The largest absolute Gasteiger partial charge is 0.436 e. The van der Waals surface area contributed by atoms with Gasteiger partial charge in [-0.05, 0) is 12.3 Å². The Labute approximate surface area is 146 Å². The van der Waals surface area contributed by atoms with Crippen molar-refractivity contribution in [3.8, 4) is 0 Å². The van der Waals surface area contributed by atoms with Gasteiger partial charge in [0.15, 0.2) is 6.10 Å². The molecule has 1 aliphatic rings. The fourth-order valence-electron chi connectivity index (χ4n) is 2.27. The molecule has 25 heavy (non-hydrogen) atoms. The van der Waals surface area contributed by atoms with Crippen molar-refractivity contribution >= 4 is 23.8 Å². The molecule has 1 saturated heterocycles. The molecular weight excluding hydrogens is 332 g/mol. The summed E-state index contributed by atoms with van der Waals surface area (Å²) in [5, 5.41) is 2.33. The van der Waals surface area contributed by atoms with E-state index in [1.54, 1.807) is 0 Å². The first kappa shape index (κ1) is 20.7. The van der Waals surface area contributed by atoms with Crippen LogP contribution in [-0.2, 0) is 23.9 Å². The summed E-state index contributed by atoms with van der Waals surface area (Å²) in [4.78, 5) is 48.4. The second kappa shape index (κ2) is 9.82. The number of primary amides is 2. The second-order valence-corrected chi connectivity index (χ2v) is 6.24. The van der Waals surface area contributed by atoms with Crippen LogP contribution in [0.5, 0.6) is 0 Å². The molecule has 0 bridgehead atoms. The molecule has 1 rings (SSSR count). The molecule has 0 saturated carbocycles. The van der Waals surface area contributed by atoms with E-state index in [0.29, 0.717) is 26.3 Å². The van der Waals surface area contributed by atoms with E-state index in [2.05, 4.69) is 5.32 Å². The minimum atomic E-state index is -1.25. The van der Waals surface area contributed by atoms with E-state index >= 15 is 0 Å². The maximum atomic E-state index is 12.4. The molecule has 4 amide bonds. The Morgan fingerprint density at radius 3 is 2.24 bits per heavy atom. The quantitative estimate of drug-likeness (QED) is 0.491. The summed E-state index contributed by atoms with van der Waals surface area (Å²) in [6, 6.07) is -1.25. The van der Waals surface area contributed by atoms with Gasteiger partial charge in [0.1, 0.15) is 6.04 Å². The van der Waals surface area contributed by atoms with Crippen LogP contribution in [0.2, 0.25) is 0 Å². The molecule has 0 aromatic heterocycles. The van der Waals surface area contributed by atoms with Crippen molar-refractivity contribution in [2.24, 2.45) is 17.4 Å². The summed E-state index contributed by atoms with van der Waals surface area (Å²) in [6.07, 6.45) is -1.91. The predicted molar refractivity (Wildman–Crippen MR) is 87.1 cm³/mol. The normalized spacial score (nSPS) is 16.8. The van der Waals surface area contributed by atoms with Crippen molar-refractivity contribution in [3.63, 3.8) is 0 Å². The zero-order valence-electron chi connectivity index (χ0n) is 14.5. The molecule has 5 N–H and O–H groups in total. The van der Waals surface area contributed by atoms with Crippen molar-refractivity contribution in [1.29, 1.82) is 0 Å². The number of hydrogen-bond donors (Lipinski definition) is 3. The molecule has 0 aromatic rings. The summed E-state index contributed by atoms with van der Waals surface area (Å²) in [7, 11) is 0. The lowest BCUT2D eigenvalue weighted by molar-refractivity contribution is -0.135. The maximum Gasteiger partial charge on any atom is 0.410 e. The van der Waals surface area contributed by atoms with E-state index in [-0.39, 0.29) is 12.3 Å². The van der Waals surface area contributed by atoms with Gasteiger partial charge in [0, 0.05) is 13.1 Å². The van der Waals surface area contributed by atoms with E-state index in [9.17, 15) is 19.2 Å². The van der Waals surface area contributed by atoms with Crippen LogP contribution in [0.25, 0.3) is 0 Å². The first-order chi connectivity index (χ1) is 11.7. The van der Waals surface area contributed by atoms with Gasteiger partial charge in [-0.3, -0.25) is 14.4 Å². The van der Waals surface area contributed by atoms with E-state index in [0.717, 1.165) is 0 Å². The van der Waals surface area contributed by atoms with Gasteiger partial charge in [0.05, 0.1) is 19.6 Å². The van der Waals surface area contributed by atoms with Crippen LogP contribution in [-0.4, -0.2) is 67.2 Å². The number of hydrogen-bond acceptors (Lipinski definition) is 6. The number of ether oxygens (including phenoxy) is 2. The lowest BCUT2D eigenvalue weighted by Crippen LogP contribution is -2.51. The van der Waals surface area contributed by atoms with E-state index in [4.69, 9.17) is 20.9 Å². The van der Waals surface area contributed by atoms with Crippen LogP contribution in [0.4, 0.5) is 4.79 Å². The van der Waals surface area contributed by atoms with E-state index in [1.807, 2.05) is 13.8 Å². The highest BCUT2D eigenvalue weighted by Gasteiger charge is 2.30. The molecule has 1 fully saturated rings. The summed E-state index contributed by atoms with van der Waals surface area (Å²) in [6.45, 7) is 5.27. The van der Waals surface area contributed by atoms with Gasteiger partial charge in [0.25, 0.3) is 5.91 Å². The topological polar surface area (TPSA) is 154 Å². The number of nitrogens with zero attached hydrogens (tertiary/aromatic N) is 1. The minimum Gasteiger partial charge on any atom is -0.436 e. The average Bonchev–Trinajstić information content (AvgIpc) is 2.53. The molecule has 0 radical (unpaired) electrons. The molecular formula is C15H26N4O6. The fraction of sp³-hybridized carbons (Fsp3) is 0.733. The lowest BCUT2D eigenvalue weighted by atomic mass is 10.0. The molecule has 10 nitrogen and oxygen atoms in total. The van der Waals surface area contributed by atoms with Crippen molar-refractivity contribution in [2.75, 3.05) is 26.3 Å². The molecule has 0 aliphatic carbocycles. The van der Waals surface area contributed by atoms with Crippen LogP contribution in [0.3, 0.4) is 0 Å². The zero-order valence-corrected chi connectivity index (χ0v) is 14.5. The Balaban J connectivity index is 2.74. The van der Waals surface area contributed by atoms with E-state index in [1.165, 1.54) is 4.90 Å². The Morgan fingerprint density at radius 2 is 1.76 bits per heavy atom. The number of morpholine rings is 1. The van der Waals surface area contributed by atoms with Gasteiger partial charge < -0.3 is 31.2 Å². The van der Waals surface area contributed by atoms with Crippen molar-refractivity contribution in [2.45, 2.75) is 38.8 Å². The molecule has 0 aromatic carbocycles. The molecule has 2 atom stereocenters. The third kappa shape index (κ3) is 7.38. The Kier molecular flexibility index (Phi) is 8.12. The molecule has 1 aliphatic heterocycles.